The molecule has 46 valence electrons. The smallest absolute Gasteiger partial charge is 0.0265 e. The van der Waals surface area contributed by atoms with Gasteiger partial charge in [-0.2, -0.15) is 0 Å². The maximum atomic E-state index is 6.86. The van der Waals surface area contributed by atoms with Crippen LogP contribution in [0.3, 0.4) is 0 Å². The summed E-state index contributed by atoms with van der Waals surface area (Å²) in [6.45, 7) is 3.57. The van der Waals surface area contributed by atoms with E-state index in [0.29, 0.717) is 0 Å². The highest BCUT2D eigenvalue weighted by molar-refractivity contribution is 5.76. The fourth-order valence-corrected chi connectivity index (χ4v) is 0.629. The van der Waals surface area contributed by atoms with Crippen LogP contribution in [0, 0.1) is 5.41 Å². The quantitative estimate of drug-likeness (QED) is 0.574. The average molecular weight is 120 g/mol. The van der Waals surface area contributed by atoms with Crippen LogP contribution in [0.5, 0.6) is 0 Å². The predicted octanol–water partition coefficient (Wildman–Crippen LogP) is 1.59. The number of nitrogens with zero attached hydrogens (tertiary/aromatic N) is 1. The lowest BCUT2D eigenvalue weighted by molar-refractivity contribution is 1.17. The summed E-state index contributed by atoms with van der Waals surface area (Å²) in [6, 6.07) is 1.86. The maximum Gasteiger partial charge on any atom is 0.0265 e. The molecule has 0 aliphatic heterocycles. The first-order chi connectivity index (χ1) is 4.36. The molecule has 0 fully saturated rings. The fraction of sp³-hybridized carbons (Fsp3) is 0. The highest BCUT2D eigenvalue weighted by atomic mass is 14.9. The molecule has 9 heavy (non-hydrogen) atoms. The van der Waals surface area contributed by atoms with E-state index in [-0.39, 0.29) is 0 Å². The average Bonchev–Trinajstić information content (AvgIpc) is 2.34. The van der Waals surface area contributed by atoms with Crippen molar-refractivity contribution in [2.24, 2.45) is 0 Å². The Labute approximate surface area is 53.9 Å². The first-order valence-electron chi connectivity index (χ1n) is 2.67. The Morgan fingerprint density at radius 1 is 1.67 bits per heavy atom. The van der Waals surface area contributed by atoms with Gasteiger partial charge in [-0.15, -0.1) is 0 Å². The second kappa shape index (κ2) is 2.31. The minimum atomic E-state index is 0.898. The molecule has 0 spiro atoms. The van der Waals surface area contributed by atoms with Crippen LogP contribution in [0.15, 0.2) is 25.0 Å². The Morgan fingerprint density at radius 2 is 2.44 bits per heavy atom. The van der Waals surface area contributed by atoms with Crippen molar-refractivity contribution < 1.29 is 0 Å². The molecule has 0 unspecified atom stereocenters. The van der Waals surface area contributed by atoms with Crippen molar-refractivity contribution in [3.8, 4) is 0 Å². The zero-order valence-corrected chi connectivity index (χ0v) is 5.04. The van der Waals surface area contributed by atoms with Gasteiger partial charge in [0.05, 0.1) is 0 Å². The topological polar surface area (TPSA) is 28.8 Å². The molecule has 0 amide bonds. The van der Waals surface area contributed by atoms with E-state index >= 15 is 0 Å². The highest BCUT2D eigenvalue weighted by Gasteiger charge is 1.86. The summed E-state index contributed by atoms with van der Waals surface area (Å²) in [5.74, 6) is 0. The van der Waals surface area contributed by atoms with Gasteiger partial charge in [0.2, 0.25) is 0 Å². The number of aromatic nitrogens is 1. The molecule has 1 heterocycles. The lowest BCUT2D eigenvalue weighted by atomic mass is 10.4. The number of nitrogens with one attached hydrogen (secondary N) is 1. The van der Waals surface area contributed by atoms with Crippen LogP contribution in [-0.4, -0.2) is 10.8 Å². The zero-order valence-electron chi connectivity index (χ0n) is 5.04. The van der Waals surface area contributed by atoms with Crippen LogP contribution in [-0.2, 0) is 0 Å². The number of hydrogen-bond acceptors (Lipinski definition) is 1. The van der Waals surface area contributed by atoms with Crippen LogP contribution < -0.4 is 0 Å². The van der Waals surface area contributed by atoms with Crippen LogP contribution in [0.2, 0.25) is 0 Å². The van der Waals surface area contributed by atoms with Crippen LogP contribution >= 0.6 is 0 Å². The fourth-order valence-electron chi connectivity index (χ4n) is 0.629. The van der Waals surface area contributed by atoms with Crippen LogP contribution in [0.4, 0.5) is 0 Å². The van der Waals surface area contributed by atoms with Gasteiger partial charge in [0.15, 0.2) is 0 Å². The van der Waals surface area contributed by atoms with Crippen molar-refractivity contribution in [3.05, 3.63) is 30.6 Å². The molecule has 0 atom stereocenters. The Morgan fingerprint density at radius 3 is 2.78 bits per heavy atom. The molecule has 2 nitrogen and oxygen atoms in total. The van der Waals surface area contributed by atoms with Crippen molar-refractivity contribution in [2.75, 3.05) is 0 Å². The molecule has 0 saturated carbocycles. The van der Waals surface area contributed by atoms with Crippen LogP contribution in [0.1, 0.15) is 5.56 Å². The molecule has 1 aromatic heterocycles. The molecule has 0 aliphatic rings. The Bertz CT molecular complexity index is 200. The van der Waals surface area contributed by atoms with E-state index in [4.69, 9.17) is 5.41 Å². The third-order valence-corrected chi connectivity index (χ3v) is 1.11. The monoisotopic (exact) mass is 120 g/mol. The molecule has 0 aromatic carbocycles. The van der Waals surface area contributed by atoms with Crippen molar-refractivity contribution in [3.63, 3.8) is 0 Å². The third-order valence-electron chi connectivity index (χ3n) is 1.11. The molecule has 0 radical (unpaired) electrons. The van der Waals surface area contributed by atoms with E-state index in [1.165, 1.54) is 6.21 Å². The van der Waals surface area contributed by atoms with Gasteiger partial charge in [-0.05, 0) is 6.07 Å². The largest absolute Gasteiger partial charge is 0.330 e. The first kappa shape index (κ1) is 5.82. The lowest BCUT2D eigenvalue weighted by Gasteiger charge is -1.84. The SMILES string of the molecule is C=Cn1ccc(C=N)c1. The summed E-state index contributed by atoms with van der Waals surface area (Å²) in [6.07, 6.45) is 6.68. The summed E-state index contributed by atoms with van der Waals surface area (Å²) in [5, 5.41) is 6.86. The summed E-state index contributed by atoms with van der Waals surface area (Å²) in [4.78, 5) is 0. The molecular weight excluding hydrogens is 112 g/mol. The minimum absolute atomic E-state index is 0.898. The standard InChI is InChI=1S/C7H8N2/c1-2-9-4-3-7(5-8)6-9/h2-6,8H,1H2. The molecule has 1 rings (SSSR count). The first-order valence-corrected chi connectivity index (χ1v) is 2.67. The van der Waals surface area contributed by atoms with Gasteiger partial charge in [-0.25, -0.2) is 0 Å². The molecule has 1 aromatic rings. The number of hydrogen-bond donors (Lipinski definition) is 1. The Hall–Kier alpha value is -1.31. The van der Waals surface area contributed by atoms with Crippen molar-refractivity contribution >= 4 is 12.4 Å². The van der Waals surface area contributed by atoms with E-state index in [9.17, 15) is 0 Å². The molecule has 0 bridgehead atoms. The predicted molar refractivity (Wildman–Crippen MR) is 38.7 cm³/mol. The van der Waals surface area contributed by atoms with Crippen molar-refractivity contribution in [2.45, 2.75) is 0 Å². The van der Waals surface area contributed by atoms with Gasteiger partial charge in [0.25, 0.3) is 0 Å². The van der Waals surface area contributed by atoms with E-state index in [0.717, 1.165) is 5.56 Å². The molecule has 0 aliphatic carbocycles. The summed E-state index contributed by atoms with van der Waals surface area (Å²) >= 11 is 0. The highest BCUT2D eigenvalue weighted by Crippen LogP contribution is 1.96. The van der Waals surface area contributed by atoms with Crippen molar-refractivity contribution in [1.29, 1.82) is 5.41 Å². The van der Waals surface area contributed by atoms with Crippen LogP contribution in [0.25, 0.3) is 6.20 Å². The van der Waals surface area contributed by atoms with E-state index < -0.39 is 0 Å². The zero-order chi connectivity index (χ0) is 6.69. The molecular formula is C7H8N2. The van der Waals surface area contributed by atoms with Gasteiger partial charge in [0, 0.05) is 30.4 Å². The molecule has 1 N–H and O–H groups in total. The van der Waals surface area contributed by atoms with Gasteiger partial charge in [-0.3, -0.25) is 0 Å². The second-order valence-electron chi connectivity index (χ2n) is 1.72. The normalized spacial score (nSPS) is 8.89. The van der Waals surface area contributed by atoms with E-state index in [1.807, 2.05) is 18.5 Å². The van der Waals surface area contributed by atoms with E-state index in [1.54, 1.807) is 10.8 Å². The minimum Gasteiger partial charge on any atom is -0.330 e. The van der Waals surface area contributed by atoms with Gasteiger partial charge >= 0.3 is 0 Å². The number of rotatable bonds is 2. The molecule has 0 saturated heterocycles. The molecule has 2 heteroatoms. The van der Waals surface area contributed by atoms with E-state index in [2.05, 4.69) is 6.58 Å². The van der Waals surface area contributed by atoms with Gasteiger partial charge in [0.1, 0.15) is 0 Å². The van der Waals surface area contributed by atoms with Crippen molar-refractivity contribution in [1.82, 2.24) is 4.57 Å². The lowest BCUT2D eigenvalue weighted by Crippen LogP contribution is -1.76. The summed E-state index contributed by atoms with van der Waals surface area (Å²) in [5.41, 5.74) is 0.898. The van der Waals surface area contributed by atoms with Gasteiger partial charge in [-0.1, -0.05) is 6.58 Å². The maximum absolute atomic E-state index is 6.86. The summed E-state index contributed by atoms with van der Waals surface area (Å²) < 4.78 is 1.81. The summed E-state index contributed by atoms with van der Waals surface area (Å²) in [7, 11) is 0. The second-order valence-corrected chi connectivity index (χ2v) is 1.72. The third kappa shape index (κ3) is 1.08. The Balaban J connectivity index is 2.98. The Kier molecular flexibility index (Phi) is 1.49. The van der Waals surface area contributed by atoms with Gasteiger partial charge < -0.3 is 9.98 Å².